The topological polar surface area (TPSA) is 38.5 Å². The van der Waals surface area contributed by atoms with Gasteiger partial charge >= 0.3 is 0 Å². The number of ether oxygens (including phenoxy) is 1. The highest BCUT2D eigenvalue weighted by Gasteiger charge is 2.29. The molecule has 48 heavy (non-hydrogen) atoms. The average Bonchev–Trinajstić information content (AvgIpc) is 3.71. The third-order valence-electron chi connectivity index (χ3n) is 9.90. The van der Waals surface area contributed by atoms with Crippen molar-refractivity contribution in [3.05, 3.63) is 127 Å². The molecule has 0 N–H and O–H groups in total. The van der Waals surface area contributed by atoms with Crippen molar-refractivity contribution >= 4 is 60.7 Å². The summed E-state index contributed by atoms with van der Waals surface area (Å²) < 4.78 is 11.2. The second-order valence-electron chi connectivity index (χ2n) is 14.0. The van der Waals surface area contributed by atoms with Crippen LogP contribution in [0.5, 0.6) is 11.5 Å². The van der Waals surface area contributed by atoms with E-state index in [1.165, 1.54) is 49.5 Å². The van der Waals surface area contributed by atoms with Gasteiger partial charge in [-0.2, -0.15) is 0 Å². The molecule has 3 aromatic heterocycles. The molecule has 0 bridgehead atoms. The molecule has 6 heteroatoms. The van der Waals surface area contributed by atoms with Crippen molar-refractivity contribution in [2.45, 2.75) is 26.2 Å². The summed E-state index contributed by atoms with van der Waals surface area (Å²) in [5.74, 6) is 2.49. The molecule has 0 spiro atoms. The van der Waals surface area contributed by atoms with Gasteiger partial charge in [0.1, 0.15) is 17.3 Å². The fraction of sp³-hybridized carbons (Fsp3) is 0.167. The predicted molar refractivity (Wildman–Crippen MR) is 200 cm³/mol. The molecule has 8 aromatic rings. The first-order valence-corrected chi connectivity index (χ1v) is 16.5. The molecule has 0 saturated heterocycles. The predicted octanol–water partition coefficient (Wildman–Crippen LogP) is 10.5. The van der Waals surface area contributed by atoms with E-state index in [0.29, 0.717) is 0 Å². The number of aryl methyl sites for hydroxylation is 1. The van der Waals surface area contributed by atoms with Crippen LogP contribution in [0.25, 0.3) is 49.4 Å². The molecule has 1 aliphatic heterocycles. The van der Waals surface area contributed by atoms with Gasteiger partial charge in [-0.1, -0.05) is 63.2 Å². The standard InChI is InChI=1S/C42H37N5O/c1-42(2,3)27-21-22-43-39(23-27)47-36-16-9-7-13-31(36)33-18-17-30(25-38(33)47)48-29-12-10-11-28(24-29)46-26-44(4)41-37(46)20-19-34-32-14-6-8-15-35(32)45(5)40(34)41/h6-25H,26H2,1-5H3. The van der Waals surface area contributed by atoms with Crippen LogP contribution in [0, 0.1) is 0 Å². The second-order valence-corrected chi connectivity index (χ2v) is 14.0. The molecule has 0 amide bonds. The molecule has 5 aromatic carbocycles. The molecule has 4 heterocycles. The highest BCUT2D eigenvalue weighted by Crippen LogP contribution is 2.47. The van der Waals surface area contributed by atoms with Crippen molar-refractivity contribution in [3.8, 4) is 17.3 Å². The average molecular weight is 628 g/mol. The molecule has 0 radical (unpaired) electrons. The van der Waals surface area contributed by atoms with E-state index < -0.39 is 0 Å². The molecule has 0 saturated carbocycles. The Kier molecular flexibility index (Phi) is 6.15. The largest absolute Gasteiger partial charge is 0.457 e. The summed E-state index contributed by atoms with van der Waals surface area (Å²) in [4.78, 5) is 9.55. The number of fused-ring (bicyclic) bond motifs is 8. The van der Waals surface area contributed by atoms with Gasteiger partial charge in [0.2, 0.25) is 0 Å². The molecule has 9 rings (SSSR count). The molecular weight excluding hydrogens is 590 g/mol. The zero-order valence-electron chi connectivity index (χ0n) is 27.9. The van der Waals surface area contributed by atoms with Crippen LogP contribution in [-0.4, -0.2) is 27.8 Å². The molecule has 0 unspecified atom stereocenters. The highest BCUT2D eigenvalue weighted by atomic mass is 16.5. The fourth-order valence-electron chi connectivity index (χ4n) is 7.53. The van der Waals surface area contributed by atoms with Crippen LogP contribution in [0.2, 0.25) is 0 Å². The molecule has 1 aliphatic rings. The molecule has 0 fully saturated rings. The molecule has 6 nitrogen and oxygen atoms in total. The van der Waals surface area contributed by atoms with Crippen LogP contribution in [0.1, 0.15) is 26.3 Å². The van der Waals surface area contributed by atoms with Crippen LogP contribution < -0.4 is 14.5 Å². The number of rotatable bonds is 4. The van der Waals surface area contributed by atoms with Gasteiger partial charge in [0.15, 0.2) is 0 Å². The Hall–Kier alpha value is -5.75. The molecule has 0 atom stereocenters. The number of benzene rings is 5. The number of pyridine rings is 1. The smallest absolute Gasteiger partial charge is 0.137 e. The monoisotopic (exact) mass is 627 g/mol. The maximum atomic E-state index is 6.62. The van der Waals surface area contributed by atoms with Gasteiger partial charge in [0, 0.05) is 65.2 Å². The Labute approximate surface area is 280 Å². The maximum Gasteiger partial charge on any atom is 0.137 e. The number of para-hydroxylation sites is 2. The lowest BCUT2D eigenvalue weighted by atomic mass is 9.88. The van der Waals surface area contributed by atoms with E-state index in [0.717, 1.165) is 40.7 Å². The van der Waals surface area contributed by atoms with Crippen LogP contribution in [-0.2, 0) is 12.5 Å². The first-order chi connectivity index (χ1) is 23.3. The lowest BCUT2D eigenvalue weighted by molar-refractivity contribution is 0.483. The van der Waals surface area contributed by atoms with Crippen molar-refractivity contribution in [2.24, 2.45) is 7.05 Å². The Balaban J connectivity index is 1.10. The molecule has 236 valence electrons. The molecular formula is C42H37N5O. The summed E-state index contributed by atoms with van der Waals surface area (Å²) in [5.41, 5.74) is 9.51. The lowest BCUT2D eigenvalue weighted by Crippen LogP contribution is -2.24. The normalized spacial score (nSPS) is 13.4. The SMILES string of the molecule is CN1CN(c2cccc(Oc3ccc4c5ccccc5n(-c5cc(C(C)(C)C)ccn5)c4c3)c2)c2ccc3c4ccccc4n(C)c3c21. The van der Waals surface area contributed by atoms with Crippen molar-refractivity contribution in [1.29, 1.82) is 0 Å². The number of nitrogens with zero attached hydrogens (tertiary/aromatic N) is 5. The van der Waals surface area contributed by atoms with Gasteiger partial charge in [0.25, 0.3) is 0 Å². The Morgan fingerprint density at radius 1 is 0.646 bits per heavy atom. The lowest BCUT2D eigenvalue weighted by Gasteiger charge is -2.20. The van der Waals surface area contributed by atoms with Gasteiger partial charge < -0.3 is 19.1 Å². The quantitative estimate of drug-likeness (QED) is 0.195. The number of hydrogen-bond acceptors (Lipinski definition) is 4. The van der Waals surface area contributed by atoms with E-state index in [-0.39, 0.29) is 5.41 Å². The van der Waals surface area contributed by atoms with Crippen LogP contribution in [0.4, 0.5) is 17.1 Å². The van der Waals surface area contributed by atoms with E-state index in [1.807, 2.05) is 12.3 Å². The minimum absolute atomic E-state index is 0.0152. The Morgan fingerprint density at radius 3 is 2.17 bits per heavy atom. The van der Waals surface area contributed by atoms with Crippen LogP contribution in [0.3, 0.4) is 0 Å². The summed E-state index contributed by atoms with van der Waals surface area (Å²) >= 11 is 0. The van der Waals surface area contributed by atoms with E-state index in [4.69, 9.17) is 9.72 Å². The first-order valence-electron chi connectivity index (χ1n) is 16.5. The van der Waals surface area contributed by atoms with Gasteiger partial charge in [-0.15, -0.1) is 0 Å². The van der Waals surface area contributed by atoms with E-state index in [9.17, 15) is 0 Å². The number of anilines is 3. The third kappa shape index (κ3) is 4.29. The van der Waals surface area contributed by atoms with Gasteiger partial charge in [0.05, 0.1) is 34.6 Å². The summed E-state index contributed by atoms with van der Waals surface area (Å²) in [6, 6.07) is 40.8. The minimum Gasteiger partial charge on any atom is -0.457 e. The van der Waals surface area contributed by atoms with Crippen molar-refractivity contribution in [2.75, 3.05) is 23.5 Å². The van der Waals surface area contributed by atoms with Crippen LogP contribution in [0.15, 0.2) is 121 Å². The van der Waals surface area contributed by atoms with Crippen molar-refractivity contribution < 1.29 is 4.74 Å². The highest BCUT2D eigenvalue weighted by molar-refractivity contribution is 6.15. The van der Waals surface area contributed by atoms with Crippen molar-refractivity contribution in [1.82, 2.24) is 14.1 Å². The van der Waals surface area contributed by atoms with E-state index in [1.54, 1.807) is 0 Å². The summed E-state index contributed by atoms with van der Waals surface area (Å²) in [7, 11) is 4.35. The first kappa shape index (κ1) is 28.5. The summed E-state index contributed by atoms with van der Waals surface area (Å²) in [6.07, 6.45) is 1.92. The number of hydrogen-bond donors (Lipinski definition) is 0. The third-order valence-corrected chi connectivity index (χ3v) is 9.90. The van der Waals surface area contributed by atoms with Gasteiger partial charge in [-0.25, -0.2) is 4.98 Å². The van der Waals surface area contributed by atoms with E-state index >= 15 is 0 Å². The Morgan fingerprint density at radius 2 is 1.35 bits per heavy atom. The maximum absolute atomic E-state index is 6.62. The zero-order chi connectivity index (χ0) is 32.7. The fourth-order valence-corrected chi connectivity index (χ4v) is 7.53. The van der Waals surface area contributed by atoms with Crippen LogP contribution >= 0.6 is 0 Å². The van der Waals surface area contributed by atoms with E-state index in [2.05, 4.69) is 163 Å². The minimum atomic E-state index is 0.0152. The Bertz CT molecular complexity index is 2550. The molecule has 0 aliphatic carbocycles. The number of aromatic nitrogens is 3. The van der Waals surface area contributed by atoms with Crippen molar-refractivity contribution in [3.63, 3.8) is 0 Å². The summed E-state index contributed by atoms with van der Waals surface area (Å²) in [5, 5.41) is 4.94. The summed E-state index contributed by atoms with van der Waals surface area (Å²) in [6.45, 7) is 7.47. The van der Waals surface area contributed by atoms with Gasteiger partial charge in [-0.05, 0) is 71.6 Å². The van der Waals surface area contributed by atoms with Gasteiger partial charge in [-0.3, -0.25) is 4.57 Å². The zero-order valence-corrected chi connectivity index (χ0v) is 27.9. The second kappa shape index (κ2) is 10.4.